The van der Waals surface area contributed by atoms with Gasteiger partial charge < -0.3 is 4.74 Å². The Kier molecular flexibility index (Phi) is 5.12. The number of hydrogen-bond acceptors (Lipinski definition) is 3. The first-order valence-corrected chi connectivity index (χ1v) is 7.95. The third-order valence-corrected chi connectivity index (χ3v) is 3.78. The van der Waals surface area contributed by atoms with E-state index in [1.54, 1.807) is 29.2 Å². The lowest BCUT2D eigenvalue weighted by Crippen LogP contribution is -2.49. The second kappa shape index (κ2) is 6.69. The Morgan fingerprint density at radius 2 is 2.00 bits per heavy atom. The van der Waals surface area contributed by atoms with Crippen molar-refractivity contribution in [1.82, 2.24) is 4.90 Å². The van der Waals surface area contributed by atoms with E-state index in [4.69, 9.17) is 16.3 Å². The Labute approximate surface area is 136 Å². The molecule has 4 nitrogen and oxygen atoms in total. The van der Waals surface area contributed by atoms with E-state index in [9.17, 15) is 9.59 Å². The number of likely N-dealkylation sites (tertiary alicyclic amines) is 1. The zero-order chi connectivity index (χ0) is 16.3. The molecule has 1 saturated heterocycles. The van der Waals surface area contributed by atoms with Crippen molar-refractivity contribution in [1.29, 1.82) is 0 Å². The van der Waals surface area contributed by atoms with Gasteiger partial charge in [0.15, 0.2) is 5.78 Å². The summed E-state index contributed by atoms with van der Waals surface area (Å²) < 4.78 is 5.43. The van der Waals surface area contributed by atoms with Gasteiger partial charge in [0.25, 0.3) is 0 Å². The molecule has 0 bridgehead atoms. The van der Waals surface area contributed by atoms with Gasteiger partial charge in [0, 0.05) is 17.1 Å². The standard InChI is InChI=1S/C17H22ClNO3/c1-17(2,3)22-16(21)19-10-5-4-9-14(19)15(20)12-7-6-8-13(18)11-12/h6-8,11,14H,4-5,9-10H2,1-3H3/t14-/m1/s1. The third kappa shape index (κ3) is 4.23. The Balaban J connectivity index is 2.19. The molecule has 0 saturated carbocycles. The van der Waals surface area contributed by atoms with E-state index in [-0.39, 0.29) is 5.78 Å². The van der Waals surface area contributed by atoms with Crippen molar-refractivity contribution in [3.63, 3.8) is 0 Å². The maximum absolute atomic E-state index is 12.7. The highest BCUT2D eigenvalue weighted by atomic mass is 35.5. The summed E-state index contributed by atoms with van der Waals surface area (Å²) in [5.74, 6) is -0.0759. The zero-order valence-electron chi connectivity index (χ0n) is 13.3. The van der Waals surface area contributed by atoms with Crippen molar-refractivity contribution in [2.45, 2.75) is 51.7 Å². The Morgan fingerprint density at radius 1 is 1.27 bits per heavy atom. The first kappa shape index (κ1) is 16.8. The lowest BCUT2D eigenvalue weighted by Gasteiger charge is -2.35. The average Bonchev–Trinajstić information content (AvgIpc) is 2.44. The van der Waals surface area contributed by atoms with Gasteiger partial charge in [0.2, 0.25) is 0 Å². The van der Waals surface area contributed by atoms with Crippen LogP contribution >= 0.6 is 11.6 Å². The highest BCUT2D eigenvalue weighted by molar-refractivity contribution is 6.31. The van der Waals surface area contributed by atoms with E-state index < -0.39 is 17.7 Å². The second-order valence-corrected chi connectivity index (χ2v) is 7.00. The van der Waals surface area contributed by atoms with Gasteiger partial charge in [-0.05, 0) is 52.2 Å². The van der Waals surface area contributed by atoms with Crippen LogP contribution in [0.1, 0.15) is 50.4 Å². The highest BCUT2D eigenvalue weighted by Gasteiger charge is 2.35. The number of rotatable bonds is 2. The van der Waals surface area contributed by atoms with Gasteiger partial charge in [0.1, 0.15) is 5.60 Å². The molecule has 1 aliphatic rings. The number of ether oxygens (including phenoxy) is 1. The van der Waals surface area contributed by atoms with Crippen molar-refractivity contribution in [2.75, 3.05) is 6.54 Å². The SMILES string of the molecule is CC(C)(C)OC(=O)N1CCCC[C@@H]1C(=O)c1cccc(Cl)c1. The van der Waals surface area contributed by atoms with Crippen LogP contribution < -0.4 is 0 Å². The molecular formula is C17H22ClNO3. The molecule has 120 valence electrons. The monoisotopic (exact) mass is 323 g/mol. The predicted molar refractivity (Wildman–Crippen MR) is 86.4 cm³/mol. The lowest BCUT2D eigenvalue weighted by atomic mass is 9.95. The molecule has 0 radical (unpaired) electrons. The van der Waals surface area contributed by atoms with Crippen LogP contribution in [-0.4, -0.2) is 35.0 Å². The summed E-state index contributed by atoms with van der Waals surface area (Å²) in [6.07, 6.45) is 2.05. The van der Waals surface area contributed by atoms with Crippen LogP contribution in [-0.2, 0) is 4.74 Å². The van der Waals surface area contributed by atoms with E-state index in [1.165, 1.54) is 0 Å². The van der Waals surface area contributed by atoms with Gasteiger partial charge in [-0.15, -0.1) is 0 Å². The number of piperidine rings is 1. The van der Waals surface area contributed by atoms with Gasteiger partial charge in [-0.1, -0.05) is 23.7 Å². The number of amides is 1. The van der Waals surface area contributed by atoms with E-state index >= 15 is 0 Å². The molecule has 1 fully saturated rings. The smallest absolute Gasteiger partial charge is 0.410 e. The molecule has 1 heterocycles. The minimum Gasteiger partial charge on any atom is -0.444 e. The molecule has 0 unspecified atom stereocenters. The molecule has 0 aromatic heterocycles. The van der Waals surface area contributed by atoms with Crippen molar-refractivity contribution < 1.29 is 14.3 Å². The summed E-state index contributed by atoms with van der Waals surface area (Å²) in [4.78, 5) is 26.6. The molecule has 5 heteroatoms. The number of ketones is 1. The molecule has 0 spiro atoms. The van der Waals surface area contributed by atoms with E-state index in [2.05, 4.69) is 0 Å². The van der Waals surface area contributed by atoms with Crippen molar-refractivity contribution in [2.24, 2.45) is 0 Å². The Hall–Kier alpha value is -1.55. The largest absolute Gasteiger partial charge is 0.444 e. The molecule has 0 aliphatic carbocycles. The van der Waals surface area contributed by atoms with Crippen molar-refractivity contribution in [3.05, 3.63) is 34.9 Å². The van der Waals surface area contributed by atoms with Gasteiger partial charge in [0.05, 0.1) is 6.04 Å². The number of halogens is 1. The Morgan fingerprint density at radius 3 is 2.64 bits per heavy atom. The lowest BCUT2D eigenvalue weighted by molar-refractivity contribution is 0.0105. The van der Waals surface area contributed by atoms with Gasteiger partial charge >= 0.3 is 6.09 Å². The summed E-state index contributed by atoms with van der Waals surface area (Å²) in [6, 6.07) is 6.38. The number of carbonyl (C=O) groups is 2. The molecule has 1 aliphatic heterocycles. The second-order valence-electron chi connectivity index (χ2n) is 6.56. The van der Waals surface area contributed by atoms with Crippen LogP contribution in [0.15, 0.2) is 24.3 Å². The summed E-state index contributed by atoms with van der Waals surface area (Å²) in [7, 11) is 0. The summed E-state index contributed by atoms with van der Waals surface area (Å²) in [5.41, 5.74) is -0.0361. The minimum absolute atomic E-state index is 0.0759. The van der Waals surface area contributed by atoms with Gasteiger partial charge in [-0.3, -0.25) is 9.69 Å². The fourth-order valence-corrected chi connectivity index (χ4v) is 2.77. The van der Waals surface area contributed by atoms with Crippen LogP contribution in [0.25, 0.3) is 0 Å². The fourth-order valence-electron chi connectivity index (χ4n) is 2.58. The van der Waals surface area contributed by atoms with E-state index in [0.717, 1.165) is 12.8 Å². The van der Waals surface area contributed by atoms with E-state index in [0.29, 0.717) is 23.6 Å². The average molecular weight is 324 g/mol. The normalized spacial score (nSPS) is 18.9. The van der Waals surface area contributed by atoms with E-state index in [1.807, 2.05) is 20.8 Å². The third-order valence-electron chi connectivity index (χ3n) is 3.54. The van der Waals surface area contributed by atoms with Crippen LogP contribution in [0.5, 0.6) is 0 Å². The number of Topliss-reactive ketones (excluding diaryl/α,β-unsaturated/α-hetero) is 1. The first-order chi connectivity index (χ1) is 10.3. The van der Waals surface area contributed by atoms with Gasteiger partial charge in [-0.2, -0.15) is 0 Å². The molecule has 22 heavy (non-hydrogen) atoms. The molecule has 1 atom stereocenters. The maximum atomic E-state index is 12.7. The topological polar surface area (TPSA) is 46.6 Å². The maximum Gasteiger partial charge on any atom is 0.410 e. The molecule has 1 aromatic rings. The molecule has 0 N–H and O–H groups in total. The first-order valence-electron chi connectivity index (χ1n) is 7.57. The summed E-state index contributed by atoms with van der Waals surface area (Å²) in [5, 5.41) is 0.519. The minimum atomic E-state index is -0.571. The van der Waals surface area contributed by atoms with Crippen LogP contribution in [0.4, 0.5) is 4.79 Å². The molecule has 1 amide bonds. The van der Waals surface area contributed by atoms with Crippen LogP contribution in [0.3, 0.4) is 0 Å². The highest BCUT2D eigenvalue weighted by Crippen LogP contribution is 2.24. The molecule has 2 rings (SSSR count). The van der Waals surface area contributed by atoms with Crippen molar-refractivity contribution in [3.8, 4) is 0 Å². The summed E-state index contributed by atoms with van der Waals surface area (Å²) >= 11 is 5.96. The molecular weight excluding hydrogens is 302 g/mol. The van der Waals surface area contributed by atoms with Crippen molar-refractivity contribution >= 4 is 23.5 Å². The Bertz CT molecular complexity index is 565. The summed E-state index contributed by atoms with van der Waals surface area (Å²) in [6.45, 7) is 6.01. The number of hydrogen-bond donors (Lipinski definition) is 0. The number of nitrogens with zero attached hydrogens (tertiary/aromatic N) is 1. The number of benzene rings is 1. The quantitative estimate of drug-likeness (QED) is 0.762. The van der Waals surface area contributed by atoms with Gasteiger partial charge in [-0.25, -0.2) is 4.79 Å². The number of carbonyl (C=O) groups excluding carboxylic acids is 2. The predicted octanol–water partition coefficient (Wildman–Crippen LogP) is 4.31. The van der Waals surface area contributed by atoms with Crippen LogP contribution in [0, 0.1) is 0 Å². The fraction of sp³-hybridized carbons (Fsp3) is 0.529. The zero-order valence-corrected chi connectivity index (χ0v) is 14.0. The molecule has 1 aromatic carbocycles. The van der Waals surface area contributed by atoms with Crippen LogP contribution in [0.2, 0.25) is 5.02 Å².